The van der Waals surface area contributed by atoms with Gasteiger partial charge in [-0.1, -0.05) is 17.7 Å². The molecule has 1 fully saturated rings. The van der Waals surface area contributed by atoms with Crippen LogP contribution in [0, 0.1) is 11.3 Å². The Morgan fingerprint density at radius 2 is 1.78 bits per heavy atom. The Hall–Kier alpha value is -3.33. The summed E-state index contributed by atoms with van der Waals surface area (Å²) >= 11 is 6.55. The molecule has 0 aromatic heterocycles. The highest BCUT2D eigenvalue weighted by molar-refractivity contribution is 6.32. The molecular formula is C31H35ClF3N3O3. The molecule has 0 bridgehead atoms. The molecule has 1 amide bonds. The zero-order valence-corrected chi connectivity index (χ0v) is 24.6. The lowest BCUT2D eigenvalue weighted by atomic mass is 9.91. The van der Waals surface area contributed by atoms with E-state index in [0.717, 1.165) is 36.4 Å². The molecule has 1 aliphatic heterocycles. The summed E-state index contributed by atoms with van der Waals surface area (Å²) in [6, 6.07) is 13.0. The summed E-state index contributed by atoms with van der Waals surface area (Å²) in [6.45, 7) is 5.65. The van der Waals surface area contributed by atoms with Gasteiger partial charge in [-0.2, -0.15) is 23.2 Å². The van der Waals surface area contributed by atoms with Crippen LogP contribution in [0.2, 0.25) is 5.02 Å². The molecule has 6 nitrogen and oxygen atoms in total. The highest BCUT2D eigenvalue weighted by Crippen LogP contribution is 2.38. The highest BCUT2D eigenvalue weighted by Gasteiger charge is 2.52. The van der Waals surface area contributed by atoms with E-state index in [9.17, 15) is 18.0 Å². The number of aliphatic imine (C=N–C) groups is 2. The quantitative estimate of drug-likeness (QED) is 0.342. The predicted octanol–water partition coefficient (Wildman–Crippen LogP) is 7.74. The summed E-state index contributed by atoms with van der Waals surface area (Å²) in [5.41, 5.74) is 1.90. The maximum Gasteiger partial charge on any atom is 0.402 e. The second kappa shape index (κ2) is 12.3. The van der Waals surface area contributed by atoms with Gasteiger partial charge in [0.15, 0.2) is 0 Å². The van der Waals surface area contributed by atoms with Crippen molar-refractivity contribution in [2.45, 2.75) is 72.2 Å². The average Bonchev–Trinajstić information content (AvgIpc) is 3.77. The van der Waals surface area contributed by atoms with E-state index in [4.69, 9.17) is 21.1 Å². The summed E-state index contributed by atoms with van der Waals surface area (Å²) in [7, 11) is 1.49. The van der Waals surface area contributed by atoms with E-state index in [1.807, 2.05) is 31.2 Å². The standard InChI is InChI=1S/C31H35ClF3N3O3/c1-18-6-15-26(22-10-12-23(13-11-22)41-19(2)21-8-9-21)37-29(40-5)38-27(18)24-16-20(7-14-25(24)32)17-36-28(39)30(3,4)31(33,34)35/h7,10-14,16,19,21H,6,8-9,15,17H2,1-5H3,(H,36,39)/t19-/m1/s1. The Morgan fingerprint density at radius 1 is 1.10 bits per heavy atom. The number of amidine groups is 1. The summed E-state index contributed by atoms with van der Waals surface area (Å²) in [4.78, 5) is 21.6. The molecule has 0 unspecified atom stereocenters. The number of carbonyl (C=O) groups excluding carboxylic acids is 1. The van der Waals surface area contributed by atoms with Crippen molar-refractivity contribution in [3.63, 3.8) is 0 Å². The van der Waals surface area contributed by atoms with E-state index in [1.165, 1.54) is 20.0 Å². The maximum atomic E-state index is 13.3. The van der Waals surface area contributed by atoms with Gasteiger partial charge in [-0.15, -0.1) is 0 Å². The number of amides is 1. The molecule has 1 N–H and O–H groups in total. The number of halogens is 4. The number of ether oxygens (including phenoxy) is 2. The minimum Gasteiger partial charge on any atom is -0.490 e. The number of rotatable bonds is 8. The number of nitrogens with one attached hydrogen (secondary N) is 1. The van der Waals surface area contributed by atoms with Crippen molar-refractivity contribution in [1.29, 1.82) is 0 Å². The van der Waals surface area contributed by atoms with E-state index in [0.29, 0.717) is 40.6 Å². The van der Waals surface area contributed by atoms with Crippen LogP contribution in [0.5, 0.6) is 5.75 Å². The minimum absolute atomic E-state index is 0.100. The number of benzene rings is 2. The first-order chi connectivity index (χ1) is 19.3. The zero-order chi connectivity index (χ0) is 29.9. The van der Waals surface area contributed by atoms with Crippen molar-refractivity contribution in [1.82, 2.24) is 5.32 Å². The van der Waals surface area contributed by atoms with Crippen LogP contribution in [-0.4, -0.2) is 37.0 Å². The van der Waals surface area contributed by atoms with Crippen molar-refractivity contribution in [3.05, 3.63) is 69.8 Å². The highest BCUT2D eigenvalue weighted by atomic mass is 35.5. The molecule has 2 aliphatic rings. The van der Waals surface area contributed by atoms with Crippen molar-refractivity contribution in [2.24, 2.45) is 21.3 Å². The van der Waals surface area contributed by atoms with Gasteiger partial charge in [-0.3, -0.25) is 4.79 Å². The third-order valence-electron chi connectivity index (χ3n) is 7.57. The Balaban J connectivity index is 1.55. The van der Waals surface area contributed by atoms with Crippen LogP contribution in [0.1, 0.15) is 70.1 Å². The molecule has 1 atom stereocenters. The summed E-state index contributed by atoms with van der Waals surface area (Å²) in [6.07, 6.45) is -0.768. The van der Waals surface area contributed by atoms with Gasteiger partial charge in [-0.05, 0) is 112 Å². The fourth-order valence-corrected chi connectivity index (χ4v) is 4.61. The molecule has 2 aromatic rings. The van der Waals surface area contributed by atoms with Crippen molar-refractivity contribution in [2.75, 3.05) is 7.11 Å². The lowest BCUT2D eigenvalue weighted by Gasteiger charge is -2.26. The molecule has 0 radical (unpaired) electrons. The summed E-state index contributed by atoms with van der Waals surface area (Å²) in [5.74, 6) is 0.358. The average molecular weight is 590 g/mol. The third-order valence-corrected chi connectivity index (χ3v) is 7.90. The van der Waals surface area contributed by atoms with E-state index in [-0.39, 0.29) is 18.7 Å². The van der Waals surface area contributed by atoms with Crippen LogP contribution >= 0.6 is 11.6 Å². The molecule has 220 valence electrons. The third kappa shape index (κ3) is 7.31. The van der Waals surface area contributed by atoms with Gasteiger partial charge in [0.25, 0.3) is 0 Å². The molecule has 1 aliphatic carbocycles. The molecule has 1 heterocycles. The predicted molar refractivity (Wildman–Crippen MR) is 155 cm³/mol. The minimum atomic E-state index is -4.67. The van der Waals surface area contributed by atoms with Crippen LogP contribution in [0.15, 0.2) is 58.0 Å². The fourth-order valence-electron chi connectivity index (χ4n) is 4.40. The van der Waals surface area contributed by atoms with Crippen LogP contribution in [-0.2, 0) is 16.1 Å². The molecule has 0 spiro atoms. The number of methoxy groups -OCH3 is 1. The fraction of sp³-hybridized carbons (Fsp3) is 0.452. The maximum absolute atomic E-state index is 13.3. The number of alkyl halides is 3. The molecule has 41 heavy (non-hydrogen) atoms. The molecule has 4 rings (SSSR count). The first kappa shape index (κ1) is 30.6. The number of carbonyl (C=O) groups is 1. The number of hydrogen-bond donors (Lipinski definition) is 1. The Labute approximate surface area is 243 Å². The van der Waals surface area contributed by atoms with E-state index in [2.05, 4.69) is 22.2 Å². The van der Waals surface area contributed by atoms with Crippen LogP contribution in [0.25, 0.3) is 5.70 Å². The monoisotopic (exact) mass is 589 g/mol. The summed E-state index contributed by atoms with van der Waals surface area (Å²) in [5, 5.41) is 2.79. The normalized spacial score (nSPS) is 17.2. The second-order valence-electron chi connectivity index (χ2n) is 11.1. The van der Waals surface area contributed by atoms with E-state index < -0.39 is 17.5 Å². The number of hydrogen-bond acceptors (Lipinski definition) is 5. The smallest absolute Gasteiger partial charge is 0.402 e. The van der Waals surface area contributed by atoms with Crippen LogP contribution in [0.3, 0.4) is 0 Å². The van der Waals surface area contributed by atoms with Gasteiger partial charge in [0.2, 0.25) is 5.91 Å². The van der Waals surface area contributed by atoms with Gasteiger partial charge < -0.3 is 14.8 Å². The topological polar surface area (TPSA) is 72.3 Å². The molecule has 10 heteroatoms. The number of nitrogens with zero attached hydrogens (tertiary/aromatic N) is 2. The summed E-state index contributed by atoms with van der Waals surface area (Å²) < 4.78 is 51.3. The number of allylic oxidation sites excluding steroid dienone is 1. The zero-order valence-electron chi connectivity index (χ0n) is 23.9. The Morgan fingerprint density at radius 3 is 2.39 bits per heavy atom. The van der Waals surface area contributed by atoms with Gasteiger partial charge in [-0.25, -0.2) is 0 Å². The van der Waals surface area contributed by atoms with E-state index >= 15 is 0 Å². The largest absolute Gasteiger partial charge is 0.490 e. The lowest BCUT2D eigenvalue weighted by Crippen LogP contribution is -2.46. The first-order valence-electron chi connectivity index (χ1n) is 13.6. The lowest BCUT2D eigenvalue weighted by molar-refractivity contribution is -0.211. The second-order valence-corrected chi connectivity index (χ2v) is 11.5. The molecular weight excluding hydrogens is 555 g/mol. The van der Waals surface area contributed by atoms with Crippen LogP contribution < -0.4 is 10.1 Å². The van der Waals surface area contributed by atoms with E-state index in [1.54, 1.807) is 18.2 Å². The molecule has 1 saturated carbocycles. The van der Waals surface area contributed by atoms with Crippen molar-refractivity contribution in [3.8, 4) is 5.75 Å². The van der Waals surface area contributed by atoms with Gasteiger partial charge in [0.05, 0.1) is 24.6 Å². The SMILES string of the molecule is COC1=NC(c2cc(CNC(=O)C(C)(C)C(F)(F)F)ccc2Cl)=C(C)CCC(c2ccc(O[C@H](C)C3CC3)cc2)=N1. The molecule has 0 saturated heterocycles. The van der Waals surface area contributed by atoms with Crippen molar-refractivity contribution < 1.29 is 27.4 Å². The van der Waals surface area contributed by atoms with Crippen LogP contribution in [0.4, 0.5) is 13.2 Å². The van der Waals surface area contributed by atoms with Gasteiger partial charge in [0, 0.05) is 17.1 Å². The van der Waals surface area contributed by atoms with Gasteiger partial charge in [0.1, 0.15) is 11.2 Å². The van der Waals surface area contributed by atoms with Gasteiger partial charge >= 0.3 is 12.2 Å². The Bertz CT molecular complexity index is 1380. The Kier molecular flexibility index (Phi) is 9.16. The first-order valence-corrected chi connectivity index (χ1v) is 14.0. The molecule has 2 aromatic carbocycles. The van der Waals surface area contributed by atoms with Crippen molar-refractivity contribution >= 4 is 34.9 Å².